The number of quaternary nitrogens is 1. The number of hydrogen-bond acceptors (Lipinski definition) is 1. The molecule has 12 heavy (non-hydrogen) atoms. The Morgan fingerprint density at radius 2 is 1.75 bits per heavy atom. The van der Waals surface area contributed by atoms with Crippen LogP contribution in [0.5, 0.6) is 0 Å². The Labute approximate surface area is 86.2 Å². The van der Waals surface area contributed by atoms with E-state index in [4.69, 9.17) is 4.74 Å². The second kappa shape index (κ2) is 5.95. The van der Waals surface area contributed by atoms with Crippen molar-refractivity contribution in [2.24, 2.45) is 0 Å². The van der Waals surface area contributed by atoms with Crippen LogP contribution in [0.1, 0.15) is 19.3 Å². The zero-order valence-corrected chi connectivity index (χ0v) is 9.77. The highest BCUT2D eigenvalue weighted by Crippen LogP contribution is 2.15. The number of hydrogen-bond donors (Lipinski definition) is 0. The lowest BCUT2D eigenvalue weighted by Crippen LogP contribution is -3.00. The molecule has 0 aromatic carbocycles. The summed E-state index contributed by atoms with van der Waals surface area (Å²) in [6.07, 6.45) is 4.24. The molecule has 0 unspecified atom stereocenters. The molecule has 2 nitrogen and oxygen atoms in total. The molecule has 0 aliphatic carbocycles. The largest absolute Gasteiger partial charge is 1.00 e. The minimum atomic E-state index is 0. The number of likely N-dealkylation sites (tertiary alicyclic amines) is 1. The van der Waals surface area contributed by atoms with Gasteiger partial charge in [0.15, 0.2) is 0 Å². The van der Waals surface area contributed by atoms with Crippen molar-refractivity contribution in [3.63, 3.8) is 0 Å². The first-order chi connectivity index (χ1) is 5.27. The standard InChI is InChI=1S/C9H20NO.BrH/c1-10(8-9-11-2)6-4-3-5-7-10;/h3-9H2,1-2H3;1H/q+1;/p-1. The van der Waals surface area contributed by atoms with E-state index >= 15 is 0 Å². The van der Waals surface area contributed by atoms with E-state index in [1.54, 1.807) is 7.11 Å². The molecule has 3 heteroatoms. The molecule has 0 saturated carbocycles. The van der Waals surface area contributed by atoms with E-state index in [1.807, 2.05) is 0 Å². The van der Waals surface area contributed by atoms with Crippen molar-refractivity contribution in [3.8, 4) is 0 Å². The molecule has 74 valence electrons. The monoisotopic (exact) mass is 237 g/mol. The quantitative estimate of drug-likeness (QED) is 0.531. The molecule has 1 heterocycles. The Balaban J connectivity index is 0.00000121. The smallest absolute Gasteiger partial charge is 0.102 e. The Bertz CT molecular complexity index is 113. The molecule has 1 aliphatic rings. The van der Waals surface area contributed by atoms with Gasteiger partial charge >= 0.3 is 0 Å². The molecule has 0 aromatic rings. The maximum atomic E-state index is 5.09. The van der Waals surface area contributed by atoms with E-state index in [9.17, 15) is 0 Å². The van der Waals surface area contributed by atoms with Crippen molar-refractivity contribution < 1.29 is 26.2 Å². The summed E-state index contributed by atoms with van der Waals surface area (Å²) in [4.78, 5) is 0. The third-order valence-corrected chi connectivity index (χ3v) is 2.73. The molecule has 0 spiro atoms. The highest BCUT2D eigenvalue weighted by atomic mass is 79.9. The van der Waals surface area contributed by atoms with Gasteiger partial charge in [-0.15, -0.1) is 0 Å². The van der Waals surface area contributed by atoms with Crippen molar-refractivity contribution in [3.05, 3.63) is 0 Å². The van der Waals surface area contributed by atoms with Crippen LogP contribution in [0, 0.1) is 0 Å². The highest BCUT2D eigenvalue weighted by molar-refractivity contribution is 4.51. The van der Waals surface area contributed by atoms with E-state index in [-0.39, 0.29) is 17.0 Å². The molecule has 0 bridgehead atoms. The molecule has 1 saturated heterocycles. The molecule has 0 radical (unpaired) electrons. The summed E-state index contributed by atoms with van der Waals surface area (Å²) < 4.78 is 6.32. The third-order valence-electron chi connectivity index (χ3n) is 2.73. The SMILES string of the molecule is COCC[N+]1(C)CCCCC1.[Br-]. The molecule has 0 atom stereocenters. The Morgan fingerprint density at radius 3 is 2.25 bits per heavy atom. The fourth-order valence-electron chi connectivity index (χ4n) is 1.81. The lowest BCUT2D eigenvalue weighted by Gasteiger charge is -2.37. The van der Waals surface area contributed by atoms with Gasteiger partial charge in [-0.25, -0.2) is 0 Å². The number of nitrogens with zero attached hydrogens (tertiary/aromatic N) is 1. The summed E-state index contributed by atoms with van der Waals surface area (Å²) in [6, 6.07) is 0. The van der Waals surface area contributed by atoms with Crippen molar-refractivity contribution >= 4 is 0 Å². The zero-order valence-electron chi connectivity index (χ0n) is 8.18. The van der Waals surface area contributed by atoms with E-state index in [0.29, 0.717) is 0 Å². The molecule has 1 fully saturated rings. The van der Waals surface area contributed by atoms with Gasteiger partial charge in [0.05, 0.1) is 26.7 Å². The third kappa shape index (κ3) is 3.87. The van der Waals surface area contributed by atoms with E-state index < -0.39 is 0 Å². The van der Waals surface area contributed by atoms with Crippen molar-refractivity contribution in [2.75, 3.05) is 40.4 Å². The van der Waals surface area contributed by atoms with Gasteiger partial charge in [0.25, 0.3) is 0 Å². The number of likely N-dealkylation sites (N-methyl/N-ethyl adjacent to an activating group) is 1. The average molecular weight is 238 g/mol. The van der Waals surface area contributed by atoms with Crippen LogP contribution in [0.15, 0.2) is 0 Å². The Morgan fingerprint density at radius 1 is 1.17 bits per heavy atom. The number of piperidine rings is 1. The van der Waals surface area contributed by atoms with Crippen LogP contribution in [-0.4, -0.2) is 44.9 Å². The van der Waals surface area contributed by atoms with Gasteiger partial charge in [0, 0.05) is 7.11 Å². The first-order valence-electron chi connectivity index (χ1n) is 4.59. The first kappa shape index (κ1) is 12.4. The fraction of sp³-hybridized carbons (Fsp3) is 1.00. The van der Waals surface area contributed by atoms with Crippen LogP contribution in [0.3, 0.4) is 0 Å². The fourth-order valence-corrected chi connectivity index (χ4v) is 1.81. The van der Waals surface area contributed by atoms with Gasteiger partial charge in [0.1, 0.15) is 6.54 Å². The highest BCUT2D eigenvalue weighted by Gasteiger charge is 2.23. The molecular formula is C9H20BrNO. The maximum Gasteiger partial charge on any atom is 0.102 e. The summed E-state index contributed by atoms with van der Waals surface area (Å²) in [6.45, 7) is 4.81. The zero-order chi connectivity index (χ0) is 8.16. The molecule has 1 rings (SSSR count). The summed E-state index contributed by atoms with van der Waals surface area (Å²) >= 11 is 0. The average Bonchev–Trinajstić information content (AvgIpc) is 2.03. The molecule has 0 aromatic heterocycles. The number of ether oxygens (including phenoxy) is 1. The van der Waals surface area contributed by atoms with Crippen LogP contribution in [-0.2, 0) is 4.74 Å². The summed E-state index contributed by atoms with van der Waals surface area (Å²) in [5.74, 6) is 0. The Kier molecular flexibility index (Phi) is 6.14. The number of rotatable bonds is 3. The normalized spacial score (nSPS) is 21.5. The Hall–Kier alpha value is 0.400. The predicted molar refractivity (Wildman–Crippen MR) is 46.5 cm³/mol. The van der Waals surface area contributed by atoms with Crippen LogP contribution in [0.4, 0.5) is 0 Å². The lowest BCUT2D eigenvalue weighted by atomic mass is 10.1. The van der Waals surface area contributed by atoms with Crippen LogP contribution < -0.4 is 17.0 Å². The second-order valence-corrected chi connectivity index (χ2v) is 3.84. The molecule has 0 amide bonds. The maximum absolute atomic E-state index is 5.09. The second-order valence-electron chi connectivity index (χ2n) is 3.84. The first-order valence-corrected chi connectivity index (χ1v) is 4.59. The van der Waals surface area contributed by atoms with Crippen LogP contribution in [0.25, 0.3) is 0 Å². The van der Waals surface area contributed by atoms with Crippen molar-refractivity contribution in [1.29, 1.82) is 0 Å². The molecule has 0 N–H and O–H groups in total. The lowest BCUT2D eigenvalue weighted by molar-refractivity contribution is -0.914. The topological polar surface area (TPSA) is 9.23 Å². The van der Waals surface area contributed by atoms with Crippen LogP contribution in [0.2, 0.25) is 0 Å². The summed E-state index contributed by atoms with van der Waals surface area (Å²) in [7, 11) is 4.13. The van der Waals surface area contributed by atoms with Gasteiger partial charge in [-0.3, -0.25) is 0 Å². The van der Waals surface area contributed by atoms with E-state index in [1.165, 1.54) is 43.4 Å². The van der Waals surface area contributed by atoms with Crippen molar-refractivity contribution in [2.45, 2.75) is 19.3 Å². The molecule has 1 aliphatic heterocycles. The molecular weight excluding hydrogens is 218 g/mol. The predicted octanol–water partition coefficient (Wildman–Crippen LogP) is -1.73. The van der Waals surface area contributed by atoms with Gasteiger partial charge in [-0.05, 0) is 19.3 Å². The number of methoxy groups -OCH3 is 1. The van der Waals surface area contributed by atoms with E-state index in [2.05, 4.69) is 7.05 Å². The summed E-state index contributed by atoms with van der Waals surface area (Å²) in [5, 5.41) is 0. The minimum Gasteiger partial charge on any atom is -1.00 e. The number of halogens is 1. The van der Waals surface area contributed by atoms with Gasteiger partial charge < -0.3 is 26.2 Å². The minimum absolute atomic E-state index is 0. The van der Waals surface area contributed by atoms with Crippen molar-refractivity contribution in [1.82, 2.24) is 0 Å². The van der Waals surface area contributed by atoms with Gasteiger partial charge in [-0.2, -0.15) is 0 Å². The van der Waals surface area contributed by atoms with Crippen LogP contribution >= 0.6 is 0 Å². The summed E-state index contributed by atoms with van der Waals surface area (Å²) in [5.41, 5.74) is 0. The van der Waals surface area contributed by atoms with E-state index in [0.717, 1.165) is 6.61 Å². The van der Waals surface area contributed by atoms with Gasteiger partial charge in [0.2, 0.25) is 0 Å². The van der Waals surface area contributed by atoms with Gasteiger partial charge in [-0.1, -0.05) is 0 Å².